The van der Waals surface area contributed by atoms with Crippen LogP contribution in [0.15, 0.2) is 85.6 Å². The normalized spacial score (nSPS) is 12.3. The molecule has 2 amide bonds. The molecule has 0 atom stereocenters. The molecule has 0 saturated carbocycles. The van der Waals surface area contributed by atoms with Crippen molar-refractivity contribution in [3.05, 3.63) is 102 Å². The summed E-state index contributed by atoms with van der Waals surface area (Å²) in [6.45, 7) is 4.42. The first-order valence-electron chi connectivity index (χ1n) is 11.8. The van der Waals surface area contributed by atoms with Gasteiger partial charge in [0.2, 0.25) is 11.8 Å². The second-order valence-corrected chi connectivity index (χ2v) is 8.55. The monoisotopic (exact) mass is 494 g/mol. The quantitative estimate of drug-likeness (QED) is 0.351. The van der Waals surface area contributed by atoms with Gasteiger partial charge in [0.05, 0.1) is 18.4 Å². The van der Waals surface area contributed by atoms with E-state index in [-0.39, 0.29) is 11.8 Å². The minimum absolute atomic E-state index is 0.0575. The zero-order valence-corrected chi connectivity index (χ0v) is 20.4. The maximum absolute atomic E-state index is 12.2. The van der Waals surface area contributed by atoms with Crippen molar-refractivity contribution in [2.24, 2.45) is 0 Å². The van der Waals surface area contributed by atoms with E-state index in [1.807, 2.05) is 66.9 Å². The molecule has 1 aliphatic heterocycles. The van der Waals surface area contributed by atoms with Crippen LogP contribution in [0, 0.1) is 0 Å². The summed E-state index contributed by atoms with van der Waals surface area (Å²) in [6.07, 6.45) is 3.87. The standard InChI is InChI=1S/C29H26N4O4/c1-3-27(34)31-22-5-4-6-23(16-22)33-17-26(20-9-12-25-21(15-20)13-14-30-28(25)35)29(32-33)37-18-19-7-10-24(36-2)11-8-19/h3-12,15-17H,1,13-14,18H2,2H3,(H,30,35)(H,31,34). The summed E-state index contributed by atoms with van der Waals surface area (Å²) in [6, 6.07) is 20.8. The lowest BCUT2D eigenvalue weighted by molar-refractivity contribution is -0.111. The van der Waals surface area contributed by atoms with Crippen molar-refractivity contribution in [2.45, 2.75) is 13.0 Å². The van der Waals surface area contributed by atoms with Crippen molar-refractivity contribution >= 4 is 17.5 Å². The summed E-state index contributed by atoms with van der Waals surface area (Å²) in [4.78, 5) is 24.0. The van der Waals surface area contributed by atoms with Gasteiger partial charge in [-0.15, -0.1) is 5.10 Å². The van der Waals surface area contributed by atoms with Crippen LogP contribution in [0.4, 0.5) is 5.69 Å². The Morgan fingerprint density at radius 2 is 1.97 bits per heavy atom. The van der Waals surface area contributed by atoms with Gasteiger partial charge in [-0.05, 0) is 65.6 Å². The second kappa shape index (κ2) is 10.4. The number of hydrogen-bond acceptors (Lipinski definition) is 5. The molecule has 0 aliphatic carbocycles. The Balaban J connectivity index is 1.50. The summed E-state index contributed by atoms with van der Waals surface area (Å²) in [5.41, 5.74) is 5.72. The predicted molar refractivity (Wildman–Crippen MR) is 141 cm³/mol. The molecule has 8 heteroatoms. The molecule has 4 aromatic rings. The number of hydrogen-bond donors (Lipinski definition) is 2. The Kier molecular flexibility index (Phi) is 6.72. The molecule has 37 heavy (non-hydrogen) atoms. The van der Waals surface area contributed by atoms with E-state index >= 15 is 0 Å². The van der Waals surface area contributed by atoms with Gasteiger partial charge in [0.25, 0.3) is 5.91 Å². The van der Waals surface area contributed by atoms with Crippen LogP contribution >= 0.6 is 0 Å². The fraction of sp³-hybridized carbons (Fsp3) is 0.138. The van der Waals surface area contributed by atoms with Crippen molar-refractivity contribution in [1.82, 2.24) is 15.1 Å². The lowest BCUT2D eigenvalue weighted by atomic mass is 9.96. The van der Waals surface area contributed by atoms with Gasteiger partial charge in [0.15, 0.2) is 0 Å². The van der Waals surface area contributed by atoms with Crippen molar-refractivity contribution in [3.8, 4) is 28.4 Å². The van der Waals surface area contributed by atoms with Gasteiger partial charge in [-0.25, -0.2) is 4.68 Å². The summed E-state index contributed by atoms with van der Waals surface area (Å²) < 4.78 is 13.2. The minimum Gasteiger partial charge on any atom is -0.497 e. The van der Waals surface area contributed by atoms with Crippen LogP contribution in [0.25, 0.3) is 16.8 Å². The maximum Gasteiger partial charge on any atom is 0.251 e. The Morgan fingerprint density at radius 1 is 1.14 bits per heavy atom. The van der Waals surface area contributed by atoms with E-state index in [1.165, 1.54) is 6.08 Å². The molecule has 0 saturated heterocycles. The topological polar surface area (TPSA) is 94.5 Å². The number of nitrogens with zero attached hydrogens (tertiary/aromatic N) is 2. The highest BCUT2D eigenvalue weighted by atomic mass is 16.5. The predicted octanol–water partition coefficient (Wildman–Crippen LogP) is 4.54. The third-order valence-electron chi connectivity index (χ3n) is 6.12. The fourth-order valence-electron chi connectivity index (χ4n) is 4.18. The zero-order chi connectivity index (χ0) is 25.8. The highest BCUT2D eigenvalue weighted by Crippen LogP contribution is 2.33. The molecule has 0 radical (unpaired) electrons. The third-order valence-corrected chi connectivity index (χ3v) is 6.12. The molecular weight excluding hydrogens is 468 g/mol. The molecule has 0 fully saturated rings. The number of methoxy groups -OCH3 is 1. The average Bonchev–Trinajstić information content (AvgIpc) is 3.36. The van der Waals surface area contributed by atoms with Crippen LogP contribution in [0.5, 0.6) is 11.6 Å². The Hall–Kier alpha value is -4.85. The number of amides is 2. The number of rotatable bonds is 8. The third kappa shape index (κ3) is 5.23. The van der Waals surface area contributed by atoms with Crippen molar-refractivity contribution < 1.29 is 19.1 Å². The van der Waals surface area contributed by atoms with E-state index in [0.717, 1.165) is 40.1 Å². The number of anilines is 1. The first-order valence-corrected chi connectivity index (χ1v) is 11.8. The summed E-state index contributed by atoms with van der Waals surface area (Å²) in [7, 11) is 1.63. The van der Waals surface area contributed by atoms with Crippen LogP contribution in [0.3, 0.4) is 0 Å². The van der Waals surface area contributed by atoms with Gasteiger partial charge in [0.1, 0.15) is 12.4 Å². The zero-order valence-electron chi connectivity index (χ0n) is 20.4. The number of carbonyl (C=O) groups is 2. The number of benzene rings is 3. The first-order chi connectivity index (χ1) is 18.0. The highest BCUT2D eigenvalue weighted by molar-refractivity contribution is 5.99. The molecule has 8 nitrogen and oxygen atoms in total. The van der Waals surface area contributed by atoms with Gasteiger partial charge < -0.3 is 20.1 Å². The van der Waals surface area contributed by atoms with Crippen LogP contribution < -0.4 is 20.1 Å². The van der Waals surface area contributed by atoms with Gasteiger partial charge in [-0.2, -0.15) is 0 Å². The van der Waals surface area contributed by atoms with Gasteiger partial charge in [-0.1, -0.05) is 36.9 Å². The van der Waals surface area contributed by atoms with Crippen LogP contribution in [-0.2, 0) is 17.8 Å². The maximum atomic E-state index is 12.2. The summed E-state index contributed by atoms with van der Waals surface area (Å²) in [5.74, 6) is 0.879. The summed E-state index contributed by atoms with van der Waals surface area (Å²) >= 11 is 0. The van der Waals surface area contributed by atoms with E-state index in [2.05, 4.69) is 17.2 Å². The Labute approximate surface area is 214 Å². The molecule has 3 aromatic carbocycles. The molecule has 1 aromatic heterocycles. The van der Waals surface area contributed by atoms with Crippen molar-refractivity contribution in [1.29, 1.82) is 0 Å². The molecule has 186 valence electrons. The van der Waals surface area contributed by atoms with Crippen LogP contribution in [0.2, 0.25) is 0 Å². The molecular formula is C29H26N4O4. The van der Waals surface area contributed by atoms with Gasteiger partial charge in [0, 0.05) is 24.0 Å². The molecule has 0 bridgehead atoms. The second-order valence-electron chi connectivity index (χ2n) is 8.55. The molecule has 5 rings (SSSR count). The van der Waals surface area contributed by atoms with Crippen LogP contribution in [-0.4, -0.2) is 35.2 Å². The number of fused-ring (bicyclic) bond motifs is 1. The largest absolute Gasteiger partial charge is 0.497 e. The van der Waals surface area contributed by atoms with Gasteiger partial charge in [-0.3, -0.25) is 9.59 Å². The van der Waals surface area contributed by atoms with Crippen molar-refractivity contribution in [2.75, 3.05) is 19.0 Å². The lowest BCUT2D eigenvalue weighted by Gasteiger charge is -2.17. The van der Waals surface area contributed by atoms with E-state index in [0.29, 0.717) is 30.3 Å². The summed E-state index contributed by atoms with van der Waals surface area (Å²) in [5, 5.41) is 10.4. The highest BCUT2D eigenvalue weighted by Gasteiger charge is 2.20. The minimum atomic E-state index is -0.292. The van der Waals surface area contributed by atoms with Gasteiger partial charge >= 0.3 is 0 Å². The number of ether oxygens (including phenoxy) is 2. The molecule has 0 spiro atoms. The molecule has 0 unspecified atom stereocenters. The lowest BCUT2D eigenvalue weighted by Crippen LogP contribution is -2.31. The van der Waals surface area contributed by atoms with Crippen LogP contribution in [0.1, 0.15) is 21.5 Å². The molecule has 2 N–H and O–H groups in total. The number of aromatic nitrogens is 2. The Morgan fingerprint density at radius 3 is 2.76 bits per heavy atom. The average molecular weight is 495 g/mol. The van der Waals surface area contributed by atoms with E-state index < -0.39 is 0 Å². The first kappa shape index (κ1) is 23.9. The number of nitrogens with one attached hydrogen (secondary N) is 2. The number of carbonyl (C=O) groups excluding carboxylic acids is 2. The smallest absolute Gasteiger partial charge is 0.251 e. The van der Waals surface area contributed by atoms with E-state index in [9.17, 15) is 9.59 Å². The fourth-order valence-corrected chi connectivity index (χ4v) is 4.18. The van der Waals surface area contributed by atoms with Crippen molar-refractivity contribution in [3.63, 3.8) is 0 Å². The molecule has 2 heterocycles. The molecule has 1 aliphatic rings. The Bertz CT molecular complexity index is 1470. The van der Waals surface area contributed by atoms with E-state index in [4.69, 9.17) is 14.6 Å². The van der Waals surface area contributed by atoms with E-state index in [1.54, 1.807) is 17.9 Å². The SMILES string of the molecule is C=CC(=O)Nc1cccc(-n2cc(-c3ccc4c(c3)CCNC4=O)c(OCc3ccc(OC)cc3)n2)c1.